The fourth-order valence-corrected chi connectivity index (χ4v) is 2.22. The number of hydrogen-bond acceptors (Lipinski definition) is 2. The van der Waals surface area contributed by atoms with Gasteiger partial charge in [0.1, 0.15) is 0 Å². The molecule has 19 heavy (non-hydrogen) atoms. The number of anilines is 1. The number of hydrogen-bond donors (Lipinski definition) is 2. The zero-order valence-corrected chi connectivity index (χ0v) is 12.3. The molecule has 4 heteroatoms. The van der Waals surface area contributed by atoms with Crippen LogP contribution in [0.3, 0.4) is 0 Å². The summed E-state index contributed by atoms with van der Waals surface area (Å²) < 4.78 is 0. The van der Waals surface area contributed by atoms with Crippen LogP contribution in [0.4, 0.5) is 5.69 Å². The molecule has 3 nitrogen and oxygen atoms in total. The van der Waals surface area contributed by atoms with Crippen molar-refractivity contribution in [2.75, 3.05) is 11.9 Å². The topological polar surface area (TPSA) is 49.3 Å². The SMILES string of the molecule is CCCCC(CC)CNc1ccc(Cl)cc1C(=O)O. The fraction of sp³-hybridized carbons (Fsp3) is 0.533. The molecule has 0 heterocycles. The monoisotopic (exact) mass is 283 g/mol. The van der Waals surface area contributed by atoms with Crippen molar-refractivity contribution in [1.82, 2.24) is 0 Å². The smallest absolute Gasteiger partial charge is 0.337 e. The summed E-state index contributed by atoms with van der Waals surface area (Å²) in [7, 11) is 0. The predicted octanol–water partition coefficient (Wildman–Crippen LogP) is 4.67. The zero-order chi connectivity index (χ0) is 14.3. The standard InChI is InChI=1S/C15H22ClNO2/c1-3-5-6-11(4-2)10-17-14-8-7-12(16)9-13(14)15(18)19/h7-9,11,17H,3-6,10H2,1-2H3,(H,18,19). The van der Waals surface area contributed by atoms with Gasteiger partial charge in [0.2, 0.25) is 0 Å². The molecule has 0 saturated heterocycles. The number of carboxylic acid groups (broad SMARTS) is 1. The highest BCUT2D eigenvalue weighted by Gasteiger charge is 2.12. The largest absolute Gasteiger partial charge is 0.478 e. The van der Waals surface area contributed by atoms with Crippen molar-refractivity contribution >= 4 is 23.3 Å². The third kappa shape index (κ3) is 5.11. The van der Waals surface area contributed by atoms with E-state index in [9.17, 15) is 4.79 Å². The molecule has 0 aliphatic heterocycles. The van der Waals surface area contributed by atoms with Crippen molar-refractivity contribution in [2.45, 2.75) is 39.5 Å². The fourth-order valence-electron chi connectivity index (χ4n) is 2.05. The van der Waals surface area contributed by atoms with Crippen LogP contribution in [-0.2, 0) is 0 Å². The molecule has 0 fully saturated rings. The zero-order valence-electron chi connectivity index (χ0n) is 11.6. The summed E-state index contributed by atoms with van der Waals surface area (Å²) in [5.74, 6) is -0.371. The Hall–Kier alpha value is -1.22. The summed E-state index contributed by atoms with van der Waals surface area (Å²) in [4.78, 5) is 11.2. The Morgan fingerprint density at radius 3 is 2.74 bits per heavy atom. The Morgan fingerprint density at radius 1 is 1.42 bits per heavy atom. The average molecular weight is 284 g/mol. The summed E-state index contributed by atoms with van der Waals surface area (Å²) in [6.07, 6.45) is 4.68. The van der Waals surface area contributed by atoms with Crippen LogP contribution in [-0.4, -0.2) is 17.6 Å². The lowest BCUT2D eigenvalue weighted by Gasteiger charge is -2.17. The average Bonchev–Trinajstić information content (AvgIpc) is 2.40. The highest BCUT2D eigenvalue weighted by atomic mass is 35.5. The van der Waals surface area contributed by atoms with Crippen molar-refractivity contribution in [2.24, 2.45) is 5.92 Å². The minimum absolute atomic E-state index is 0.234. The molecule has 0 amide bonds. The van der Waals surface area contributed by atoms with Crippen molar-refractivity contribution in [1.29, 1.82) is 0 Å². The van der Waals surface area contributed by atoms with Gasteiger partial charge in [0.05, 0.1) is 5.56 Å². The van der Waals surface area contributed by atoms with E-state index in [0.29, 0.717) is 16.6 Å². The Labute approximate surface area is 120 Å². The van der Waals surface area contributed by atoms with E-state index in [1.807, 2.05) is 0 Å². The maximum atomic E-state index is 11.2. The molecule has 0 saturated carbocycles. The quantitative estimate of drug-likeness (QED) is 0.729. The van der Waals surface area contributed by atoms with E-state index in [1.165, 1.54) is 25.3 Å². The van der Waals surface area contributed by atoms with Crippen LogP contribution >= 0.6 is 11.6 Å². The molecule has 0 aliphatic rings. The Morgan fingerprint density at radius 2 is 2.16 bits per heavy atom. The molecule has 0 radical (unpaired) electrons. The molecule has 0 aliphatic carbocycles. The van der Waals surface area contributed by atoms with Crippen molar-refractivity contribution < 1.29 is 9.90 Å². The second kappa shape index (κ2) is 8.05. The minimum atomic E-state index is -0.952. The molecule has 1 rings (SSSR count). The molecular weight excluding hydrogens is 262 g/mol. The maximum absolute atomic E-state index is 11.2. The van der Waals surface area contributed by atoms with Gasteiger partial charge in [0.25, 0.3) is 0 Å². The number of carboxylic acids is 1. The number of carbonyl (C=O) groups is 1. The summed E-state index contributed by atoms with van der Waals surface area (Å²) in [5.41, 5.74) is 0.879. The summed E-state index contributed by atoms with van der Waals surface area (Å²) in [6.45, 7) is 5.16. The number of rotatable bonds is 8. The third-order valence-electron chi connectivity index (χ3n) is 3.34. The van der Waals surface area contributed by atoms with Crippen molar-refractivity contribution in [3.8, 4) is 0 Å². The normalized spacial score (nSPS) is 12.2. The lowest BCUT2D eigenvalue weighted by Crippen LogP contribution is -2.15. The first-order chi connectivity index (χ1) is 9.08. The van der Waals surface area contributed by atoms with Gasteiger partial charge in [-0.2, -0.15) is 0 Å². The van der Waals surface area contributed by atoms with Crippen LogP contribution in [0.15, 0.2) is 18.2 Å². The van der Waals surface area contributed by atoms with Gasteiger partial charge in [0.15, 0.2) is 0 Å². The van der Waals surface area contributed by atoms with Crippen LogP contribution in [0.25, 0.3) is 0 Å². The van der Waals surface area contributed by atoms with Crippen LogP contribution < -0.4 is 5.32 Å². The molecule has 2 N–H and O–H groups in total. The molecule has 0 bridgehead atoms. The van der Waals surface area contributed by atoms with E-state index in [-0.39, 0.29) is 5.56 Å². The second-order valence-corrected chi connectivity index (χ2v) is 5.23. The van der Waals surface area contributed by atoms with Gasteiger partial charge in [-0.15, -0.1) is 0 Å². The summed E-state index contributed by atoms with van der Waals surface area (Å²) in [5, 5.41) is 12.8. The summed E-state index contributed by atoms with van der Waals surface area (Å²) >= 11 is 5.83. The van der Waals surface area contributed by atoms with E-state index in [4.69, 9.17) is 16.7 Å². The van der Waals surface area contributed by atoms with Crippen molar-refractivity contribution in [3.05, 3.63) is 28.8 Å². The Balaban J connectivity index is 2.68. The van der Waals surface area contributed by atoms with Crippen LogP contribution in [0, 0.1) is 5.92 Å². The molecule has 1 aromatic carbocycles. The molecule has 0 aromatic heterocycles. The highest BCUT2D eigenvalue weighted by molar-refractivity contribution is 6.31. The molecule has 0 spiro atoms. The van der Waals surface area contributed by atoms with Crippen LogP contribution in [0.5, 0.6) is 0 Å². The number of benzene rings is 1. The van der Waals surface area contributed by atoms with Gasteiger partial charge in [-0.05, 0) is 30.5 Å². The van der Waals surface area contributed by atoms with Gasteiger partial charge in [-0.25, -0.2) is 4.79 Å². The minimum Gasteiger partial charge on any atom is -0.478 e. The van der Waals surface area contributed by atoms with Gasteiger partial charge in [-0.3, -0.25) is 0 Å². The second-order valence-electron chi connectivity index (χ2n) is 4.79. The van der Waals surface area contributed by atoms with Crippen molar-refractivity contribution in [3.63, 3.8) is 0 Å². The first kappa shape index (κ1) is 15.8. The van der Waals surface area contributed by atoms with E-state index >= 15 is 0 Å². The van der Waals surface area contributed by atoms with Crippen LogP contribution in [0.2, 0.25) is 5.02 Å². The lowest BCUT2D eigenvalue weighted by atomic mass is 9.99. The maximum Gasteiger partial charge on any atom is 0.337 e. The summed E-state index contributed by atoms with van der Waals surface area (Å²) in [6, 6.07) is 4.93. The van der Waals surface area contributed by atoms with E-state index in [1.54, 1.807) is 12.1 Å². The van der Waals surface area contributed by atoms with Crippen LogP contribution in [0.1, 0.15) is 49.9 Å². The first-order valence-electron chi connectivity index (χ1n) is 6.85. The number of unbranched alkanes of at least 4 members (excludes halogenated alkanes) is 1. The number of nitrogens with one attached hydrogen (secondary N) is 1. The molecule has 1 unspecified atom stereocenters. The molecule has 106 valence electrons. The molecular formula is C15H22ClNO2. The lowest BCUT2D eigenvalue weighted by molar-refractivity contribution is 0.0698. The van der Waals surface area contributed by atoms with Gasteiger partial charge in [0, 0.05) is 17.3 Å². The van der Waals surface area contributed by atoms with Gasteiger partial charge in [-0.1, -0.05) is 44.7 Å². The van der Waals surface area contributed by atoms with E-state index in [0.717, 1.165) is 13.0 Å². The van der Waals surface area contributed by atoms with E-state index < -0.39 is 5.97 Å². The molecule has 1 atom stereocenters. The third-order valence-corrected chi connectivity index (χ3v) is 3.57. The highest BCUT2D eigenvalue weighted by Crippen LogP contribution is 2.22. The molecule has 1 aromatic rings. The van der Waals surface area contributed by atoms with Gasteiger partial charge < -0.3 is 10.4 Å². The number of aromatic carboxylic acids is 1. The van der Waals surface area contributed by atoms with E-state index in [2.05, 4.69) is 19.2 Å². The Bertz CT molecular complexity index is 421. The Kier molecular flexibility index (Phi) is 6.71. The number of halogens is 1. The first-order valence-corrected chi connectivity index (χ1v) is 7.23. The predicted molar refractivity (Wildman–Crippen MR) is 80.2 cm³/mol. The van der Waals surface area contributed by atoms with Gasteiger partial charge >= 0.3 is 5.97 Å².